The highest BCUT2D eigenvalue weighted by Gasteiger charge is 2.79. The highest BCUT2D eigenvalue weighted by atomic mass is 35.5. The number of nitrogens with zero attached hydrogens (tertiary/aromatic N) is 2. The monoisotopic (exact) mass is 606 g/mol. The summed E-state index contributed by atoms with van der Waals surface area (Å²) in [7, 11) is 0. The maximum Gasteiger partial charge on any atom is 0.312 e. The Morgan fingerprint density at radius 1 is 1.19 bits per heavy atom. The molecular formula is C34H39ClN2O6. The van der Waals surface area contributed by atoms with Crippen LogP contribution in [0.1, 0.15) is 37.3 Å². The number of aliphatic hydroxyl groups excluding tert-OH is 1. The largest absolute Gasteiger partial charge is 0.465 e. The van der Waals surface area contributed by atoms with Crippen molar-refractivity contribution in [2.45, 2.75) is 62.8 Å². The molecule has 8 nitrogen and oxygen atoms in total. The SMILES string of the molecule is C=CCCOC(=O)[C@@H]1[C@H]2C(=O)N([C@@H](CO)Cc3ccccc3)C(C(=O)N(CC=C)c3c(C)cccc3Cl)C23CC[C@@]1(C)O3. The molecule has 6 atom stereocenters. The second-order valence-electron chi connectivity index (χ2n) is 11.9. The average Bonchev–Trinajstić information content (AvgIpc) is 3.56. The maximum atomic E-state index is 14.9. The minimum atomic E-state index is -1.29. The second-order valence-corrected chi connectivity index (χ2v) is 12.3. The molecule has 2 aromatic carbocycles. The average molecular weight is 607 g/mol. The normalized spacial score (nSPS) is 28.0. The zero-order valence-electron chi connectivity index (χ0n) is 24.7. The van der Waals surface area contributed by atoms with Crippen molar-refractivity contribution in [1.29, 1.82) is 0 Å². The van der Waals surface area contributed by atoms with Crippen molar-refractivity contribution < 1.29 is 29.0 Å². The molecule has 1 spiro atoms. The number of halogens is 1. The number of likely N-dealkylation sites (tertiary alicyclic amines) is 1. The van der Waals surface area contributed by atoms with E-state index in [0.717, 1.165) is 11.1 Å². The van der Waals surface area contributed by atoms with Crippen LogP contribution < -0.4 is 4.90 Å². The predicted octanol–water partition coefficient (Wildman–Crippen LogP) is 4.66. The summed E-state index contributed by atoms with van der Waals surface area (Å²) < 4.78 is 12.3. The maximum absolute atomic E-state index is 14.9. The number of rotatable bonds is 12. The fraction of sp³-hybridized carbons (Fsp3) is 0.441. The molecule has 0 aliphatic carbocycles. The number of fused-ring (bicyclic) bond motifs is 1. The molecule has 43 heavy (non-hydrogen) atoms. The highest BCUT2D eigenvalue weighted by Crippen LogP contribution is 2.64. The quantitative estimate of drug-likeness (QED) is 0.215. The molecule has 0 aromatic heterocycles. The molecule has 2 aromatic rings. The van der Waals surface area contributed by atoms with Gasteiger partial charge in [-0.05, 0) is 56.7 Å². The zero-order chi connectivity index (χ0) is 30.9. The van der Waals surface area contributed by atoms with Crippen LogP contribution >= 0.6 is 11.6 Å². The van der Waals surface area contributed by atoms with Crippen molar-refractivity contribution in [2.24, 2.45) is 11.8 Å². The van der Waals surface area contributed by atoms with E-state index in [2.05, 4.69) is 13.2 Å². The van der Waals surface area contributed by atoms with E-state index in [0.29, 0.717) is 36.4 Å². The Kier molecular flexibility index (Phi) is 8.84. The van der Waals surface area contributed by atoms with Crippen LogP contribution in [0.4, 0.5) is 5.69 Å². The summed E-state index contributed by atoms with van der Waals surface area (Å²) >= 11 is 6.66. The summed E-state index contributed by atoms with van der Waals surface area (Å²) in [4.78, 5) is 46.1. The van der Waals surface area contributed by atoms with Crippen molar-refractivity contribution in [3.05, 3.63) is 90.0 Å². The van der Waals surface area contributed by atoms with Gasteiger partial charge < -0.3 is 24.4 Å². The molecule has 3 aliphatic rings. The van der Waals surface area contributed by atoms with Crippen LogP contribution in [0, 0.1) is 18.8 Å². The summed E-state index contributed by atoms with van der Waals surface area (Å²) in [6.45, 7) is 11.1. The number of hydrogen-bond acceptors (Lipinski definition) is 6. The molecule has 3 heterocycles. The molecule has 2 bridgehead atoms. The van der Waals surface area contributed by atoms with Gasteiger partial charge in [0.15, 0.2) is 0 Å². The lowest BCUT2D eigenvalue weighted by Crippen LogP contribution is -2.59. The van der Waals surface area contributed by atoms with Crippen molar-refractivity contribution in [3.8, 4) is 0 Å². The van der Waals surface area contributed by atoms with E-state index in [1.807, 2.05) is 56.3 Å². The van der Waals surface area contributed by atoms with Gasteiger partial charge in [-0.1, -0.05) is 66.2 Å². The Bertz CT molecular complexity index is 1390. The minimum absolute atomic E-state index is 0.134. The third-order valence-corrected chi connectivity index (χ3v) is 9.53. The van der Waals surface area contributed by atoms with Gasteiger partial charge in [-0.15, -0.1) is 13.2 Å². The van der Waals surface area contributed by atoms with Gasteiger partial charge in [0.05, 0.1) is 41.5 Å². The fourth-order valence-electron chi connectivity index (χ4n) is 7.40. The molecule has 1 N–H and O–H groups in total. The van der Waals surface area contributed by atoms with E-state index in [1.165, 1.54) is 4.90 Å². The van der Waals surface area contributed by atoms with E-state index >= 15 is 0 Å². The Morgan fingerprint density at radius 2 is 1.93 bits per heavy atom. The number of ether oxygens (including phenoxy) is 2. The first kappa shape index (κ1) is 31.0. The van der Waals surface area contributed by atoms with Gasteiger partial charge in [-0.25, -0.2) is 0 Å². The minimum Gasteiger partial charge on any atom is -0.465 e. The van der Waals surface area contributed by atoms with Crippen LogP contribution in [-0.4, -0.2) is 70.8 Å². The number of aliphatic hydroxyl groups is 1. The van der Waals surface area contributed by atoms with Crippen LogP contribution in [0.3, 0.4) is 0 Å². The van der Waals surface area contributed by atoms with Crippen LogP contribution in [0.2, 0.25) is 5.02 Å². The number of carbonyl (C=O) groups excluding carboxylic acids is 3. The number of para-hydroxylation sites is 1. The van der Waals surface area contributed by atoms with E-state index in [1.54, 1.807) is 23.1 Å². The number of carbonyl (C=O) groups is 3. The van der Waals surface area contributed by atoms with Gasteiger partial charge in [0.25, 0.3) is 5.91 Å². The van der Waals surface area contributed by atoms with E-state index < -0.39 is 52.9 Å². The summed E-state index contributed by atoms with van der Waals surface area (Å²) in [6, 6.07) is 13.0. The van der Waals surface area contributed by atoms with Crippen LogP contribution in [0.25, 0.3) is 0 Å². The van der Waals surface area contributed by atoms with Gasteiger partial charge in [0.1, 0.15) is 17.6 Å². The fourth-order valence-corrected chi connectivity index (χ4v) is 7.72. The molecule has 3 saturated heterocycles. The number of amides is 2. The van der Waals surface area contributed by atoms with E-state index in [-0.39, 0.29) is 19.8 Å². The van der Waals surface area contributed by atoms with Gasteiger partial charge in [-0.3, -0.25) is 14.4 Å². The van der Waals surface area contributed by atoms with Crippen LogP contribution in [0.15, 0.2) is 73.8 Å². The lowest BCUT2D eigenvalue weighted by Gasteiger charge is -2.40. The molecule has 0 saturated carbocycles. The molecule has 2 unspecified atom stereocenters. The summed E-state index contributed by atoms with van der Waals surface area (Å²) in [6.07, 6.45) is 4.93. The molecule has 2 amide bonds. The van der Waals surface area contributed by atoms with Crippen molar-refractivity contribution in [3.63, 3.8) is 0 Å². The molecule has 228 valence electrons. The number of anilines is 1. The topological polar surface area (TPSA) is 96.4 Å². The van der Waals surface area contributed by atoms with Crippen LogP contribution in [-0.2, 0) is 30.3 Å². The standard InChI is InChI=1S/C34H39ClN2O6/c1-5-7-19-42-32(41)27-26-30(39)37(24(21-38)20-23-13-9-8-10-14-23)29(34(26)17-16-33(27,4)43-34)31(40)36(18-6-2)28-22(3)12-11-15-25(28)35/h5-6,8-15,24,26-27,29,38H,1-2,7,16-21H2,3-4H3/t24-,26+,27+,29?,33-,34?/m1/s1. The molecule has 0 radical (unpaired) electrons. The smallest absolute Gasteiger partial charge is 0.312 e. The number of hydrogen-bond donors (Lipinski definition) is 1. The summed E-state index contributed by atoms with van der Waals surface area (Å²) in [5.74, 6) is -3.16. The van der Waals surface area contributed by atoms with Gasteiger partial charge >= 0.3 is 5.97 Å². The Morgan fingerprint density at radius 3 is 2.58 bits per heavy atom. The number of benzene rings is 2. The third kappa shape index (κ3) is 5.19. The third-order valence-electron chi connectivity index (χ3n) is 9.22. The Balaban J connectivity index is 1.63. The first-order valence-electron chi connectivity index (χ1n) is 14.8. The van der Waals surface area contributed by atoms with Crippen LogP contribution in [0.5, 0.6) is 0 Å². The van der Waals surface area contributed by atoms with Crippen molar-refractivity contribution in [1.82, 2.24) is 4.90 Å². The van der Waals surface area contributed by atoms with E-state index in [4.69, 9.17) is 21.1 Å². The molecule has 3 aliphatic heterocycles. The second kappa shape index (κ2) is 12.3. The Labute approximate surface area is 257 Å². The Hall–Kier alpha value is -3.46. The van der Waals surface area contributed by atoms with Gasteiger partial charge in [0, 0.05) is 6.54 Å². The lowest BCUT2D eigenvalue weighted by atomic mass is 9.66. The molecule has 9 heteroatoms. The van der Waals surface area contributed by atoms with E-state index in [9.17, 15) is 19.5 Å². The first-order chi connectivity index (χ1) is 20.6. The molecule has 3 fully saturated rings. The number of esters is 1. The predicted molar refractivity (Wildman–Crippen MR) is 165 cm³/mol. The lowest BCUT2D eigenvalue weighted by molar-refractivity contribution is -0.160. The van der Waals surface area contributed by atoms with Gasteiger partial charge in [0.2, 0.25) is 5.91 Å². The van der Waals surface area contributed by atoms with Gasteiger partial charge in [-0.2, -0.15) is 0 Å². The first-order valence-corrected chi connectivity index (χ1v) is 15.1. The van der Waals surface area contributed by atoms with Crippen molar-refractivity contribution in [2.75, 3.05) is 24.7 Å². The molecular weight excluding hydrogens is 568 g/mol. The summed E-state index contributed by atoms with van der Waals surface area (Å²) in [5.41, 5.74) is -0.0676. The van der Waals surface area contributed by atoms with Crippen molar-refractivity contribution >= 4 is 35.1 Å². The number of aryl methyl sites for hydroxylation is 1. The molecule has 5 rings (SSSR count). The summed E-state index contributed by atoms with van der Waals surface area (Å²) in [5, 5.41) is 11.1. The highest BCUT2D eigenvalue weighted by molar-refractivity contribution is 6.34. The zero-order valence-corrected chi connectivity index (χ0v) is 25.5.